The molecule has 1 unspecified atom stereocenters. The molecule has 4 nitrogen and oxygen atoms in total. The first-order valence-corrected chi connectivity index (χ1v) is 9.92. The second-order valence-corrected chi connectivity index (χ2v) is 7.47. The number of carbonyl (C=O) groups is 1. The molecule has 0 radical (unpaired) electrons. The largest absolute Gasteiger partial charge is 0.387 e. The van der Waals surface area contributed by atoms with E-state index < -0.39 is 6.10 Å². The van der Waals surface area contributed by atoms with Gasteiger partial charge in [0.05, 0.1) is 6.10 Å². The summed E-state index contributed by atoms with van der Waals surface area (Å²) in [7, 11) is 0. The number of likely N-dealkylation sites (tertiary alicyclic amines) is 1. The summed E-state index contributed by atoms with van der Waals surface area (Å²) in [4.78, 5) is 17.0. The van der Waals surface area contributed by atoms with Crippen LogP contribution in [0.3, 0.4) is 0 Å². The fraction of sp³-hybridized carbons (Fsp3) is 0.435. The van der Waals surface area contributed by atoms with Gasteiger partial charge in [0.15, 0.2) is 0 Å². The molecule has 0 aliphatic carbocycles. The molecule has 1 saturated heterocycles. The normalized spacial score (nSPS) is 21.6. The van der Waals surface area contributed by atoms with Crippen molar-refractivity contribution in [1.82, 2.24) is 4.90 Å². The zero-order chi connectivity index (χ0) is 19.2. The van der Waals surface area contributed by atoms with Crippen molar-refractivity contribution in [3.05, 3.63) is 66.2 Å². The predicted molar refractivity (Wildman–Crippen MR) is 110 cm³/mol. The van der Waals surface area contributed by atoms with Gasteiger partial charge in [-0.3, -0.25) is 9.69 Å². The van der Waals surface area contributed by atoms with Crippen molar-refractivity contribution < 1.29 is 9.90 Å². The van der Waals surface area contributed by atoms with E-state index in [1.54, 1.807) is 0 Å². The van der Waals surface area contributed by atoms with Crippen molar-refractivity contribution in [1.29, 1.82) is 0 Å². The lowest BCUT2D eigenvalue weighted by atomic mass is 9.91. The number of amides is 1. The third-order valence-electron chi connectivity index (χ3n) is 5.50. The topological polar surface area (TPSA) is 43.8 Å². The molecule has 1 fully saturated rings. The van der Waals surface area contributed by atoms with Crippen LogP contribution in [0, 0.1) is 5.92 Å². The molecule has 2 aromatic rings. The number of rotatable bonds is 6. The number of carbonyl (C=O) groups excluding carboxylic acids is 1. The van der Waals surface area contributed by atoms with Gasteiger partial charge in [-0.2, -0.15) is 0 Å². The second-order valence-electron chi connectivity index (χ2n) is 7.47. The predicted octanol–water partition coefficient (Wildman–Crippen LogP) is 3.87. The Labute approximate surface area is 162 Å². The van der Waals surface area contributed by atoms with Crippen LogP contribution in [-0.2, 0) is 4.79 Å². The average Bonchev–Trinajstić information content (AvgIpc) is 2.71. The Bertz CT molecular complexity index is 720. The third-order valence-corrected chi connectivity index (χ3v) is 5.50. The van der Waals surface area contributed by atoms with Gasteiger partial charge in [-0.25, -0.2) is 0 Å². The van der Waals surface area contributed by atoms with E-state index in [1.807, 2.05) is 72.5 Å². The minimum atomic E-state index is -0.475. The Balaban J connectivity index is 1.67. The number of hydrogen-bond donors (Lipinski definition) is 1. The number of nitrogens with zero attached hydrogens (tertiary/aromatic N) is 2. The highest BCUT2D eigenvalue weighted by Gasteiger charge is 2.34. The summed E-state index contributed by atoms with van der Waals surface area (Å²) in [5.41, 5.74) is 1.94. The highest BCUT2D eigenvalue weighted by atomic mass is 16.3. The number of aliphatic hydroxyl groups is 1. The number of β-amino-alcohol motifs (C(OH)–C–C–N with tert-alkyl or cyclic N) is 1. The molecule has 0 spiro atoms. The Hall–Kier alpha value is -2.17. The number of para-hydroxylation sites is 1. The highest BCUT2D eigenvalue weighted by molar-refractivity contribution is 5.93. The first kappa shape index (κ1) is 19.6. The fourth-order valence-electron chi connectivity index (χ4n) is 4.07. The molecule has 144 valence electrons. The minimum absolute atomic E-state index is 0.177. The maximum atomic E-state index is 12.7. The molecule has 1 N–H and O–H groups in total. The molecule has 4 heteroatoms. The van der Waals surface area contributed by atoms with Gasteiger partial charge in [-0.15, -0.1) is 0 Å². The molecule has 2 aromatic carbocycles. The summed E-state index contributed by atoms with van der Waals surface area (Å²) in [6.07, 6.45) is 0.954. The van der Waals surface area contributed by atoms with Crippen molar-refractivity contribution in [2.75, 3.05) is 24.5 Å². The molecular formula is C23H30N2O2. The summed E-state index contributed by atoms with van der Waals surface area (Å²) >= 11 is 0. The molecule has 1 heterocycles. The van der Waals surface area contributed by atoms with E-state index in [-0.39, 0.29) is 11.9 Å². The van der Waals surface area contributed by atoms with Crippen LogP contribution in [0.5, 0.6) is 0 Å². The van der Waals surface area contributed by atoms with Crippen molar-refractivity contribution in [2.24, 2.45) is 5.92 Å². The van der Waals surface area contributed by atoms with E-state index >= 15 is 0 Å². The zero-order valence-corrected chi connectivity index (χ0v) is 16.3. The maximum absolute atomic E-state index is 12.7. The number of hydrogen-bond acceptors (Lipinski definition) is 3. The molecule has 0 bridgehead atoms. The molecule has 0 saturated carbocycles. The van der Waals surface area contributed by atoms with Crippen LogP contribution in [-0.4, -0.2) is 41.6 Å². The first-order valence-electron chi connectivity index (χ1n) is 9.92. The fourth-order valence-corrected chi connectivity index (χ4v) is 4.07. The van der Waals surface area contributed by atoms with E-state index in [9.17, 15) is 9.90 Å². The first-order chi connectivity index (χ1) is 13.1. The number of benzene rings is 2. The second kappa shape index (κ2) is 9.16. The van der Waals surface area contributed by atoms with Crippen LogP contribution in [0.4, 0.5) is 5.69 Å². The summed E-state index contributed by atoms with van der Waals surface area (Å²) in [5, 5.41) is 10.5. The lowest BCUT2D eigenvalue weighted by molar-refractivity contribution is -0.119. The molecule has 1 aliphatic heterocycles. The molecule has 3 atom stereocenters. The Morgan fingerprint density at radius 3 is 2.37 bits per heavy atom. The number of piperidine rings is 1. The lowest BCUT2D eigenvalue weighted by Gasteiger charge is -2.43. The van der Waals surface area contributed by atoms with Gasteiger partial charge in [0.2, 0.25) is 5.91 Å². The Morgan fingerprint density at radius 2 is 1.78 bits per heavy atom. The van der Waals surface area contributed by atoms with Crippen LogP contribution in [0.25, 0.3) is 0 Å². The smallest absolute Gasteiger partial charge is 0.226 e. The lowest BCUT2D eigenvalue weighted by Crippen LogP contribution is -2.52. The van der Waals surface area contributed by atoms with E-state index in [1.165, 1.54) is 0 Å². The van der Waals surface area contributed by atoms with E-state index in [2.05, 4.69) is 11.8 Å². The summed E-state index contributed by atoms with van der Waals surface area (Å²) in [5.74, 6) is 0.522. The highest BCUT2D eigenvalue weighted by Crippen LogP contribution is 2.29. The van der Waals surface area contributed by atoms with Crippen LogP contribution in [0.1, 0.15) is 38.4 Å². The number of aliphatic hydroxyl groups excluding tert-OH is 1. The molecule has 27 heavy (non-hydrogen) atoms. The summed E-state index contributed by atoms with van der Waals surface area (Å²) in [6, 6.07) is 20.0. The van der Waals surface area contributed by atoms with Crippen molar-refractivity contribution in [3.63, 3.8) is 0 Å². The number of anilines is 1. The quantitative estimate of drug-likeness (QED) is 0.844. The standard InChI is InChI=1S/C23H30N2O2/c1-3-23(27)25(20-12-8-5-9-13-20)21-14-15-24(16-18(21)2)17-22(26)19-10-6-4-7-11-19/h4-13,18,21-22,26H,3,14-17H2,1-2H3/t18-,21-,22?/m0/s1. The van der Waals surface area contributed by atoms with Gasteiger partial charge < -0.3 is 10.0 Å². The monoisotopic (exact) mass is 366 g/mol. The van der Waals surface area contributed by atoms with Crippen LogP contribution < -0.4 is 4.90 Å². The SMILES string of the molecule is CCC(=O)N(c1ccccc1)[C@H]1CCN(CC(O)c2ccccc2)C[C@@H]1C. The van der Waals surface area contributed by atoms with Crippen LogP contribution >= 0.6 is 0 Å². The average molecular weight is 367 g/mol. The van der Waals surface area contributed by atoms with Gasteiger partial charge in [0.25, 0.3) is 0 Å². The molecule has 3 rings (SSSR count). The molecule has 1 amide bonds. The van der Waals surface area contributed by atoms with Crippen molar-refractivity contribution >= 4 is 11.6 Å². The molecule has 1 aliphatic rings. The molecular weight excluding hydrogens is 336 g/mol. The van der Waals surface area contributed by atoms with Crippen LogP contribution in [0.15, 0.2) is 60.7 Å². The summed E-state index contributed by atoms with van der Waals surface area (Å²) in [6.45, 7) is 6.54. The van der Waals surface area contributed by atoms with Gasteiger partial charge >= 0.3 is 0 Å². The minimum Gasteiger partial charge on any atom is -0.387 e. The third kappa shape index (κ3) is 4.76. The van der Waals surface area contributed by atoms with E-state index in [0.717, 1.165) is 30.8 Å². The Morgan fingerprint density at radius 1 is 1.15 bits per heavy atom. The van der Waals surface area contributed by atoms with Gasteiger partial charge in [0.1, 0.15) is 0 Å². The maximum Gasteiger partial charge on any atom is 0.226 e. The van der Waals surface area contributed by atoms with Crippen molar-refractivity contribution in [2.45, 2.75) is 38.8 Å². The zero-order valence-electron chi connectivity index (χ0n) is 16.3. The van der Waals surface area contributed by atoms with Gasteiger partial charge in [-0.1, -0.05) is 62.4 Å². The summed E-state index contributed by atoms with van der Waals surface area (Å²) < 4.78 is 0. The van der Waals surface area contributed by atoms with Gasteiger partial charge in [-0.05, 0) is 30.0 Å². The Kier molecular flexibility index (Phi) is 6.64. The molecule has 0 aromatic heterocycles. The van der Waals surface area contributed by atoms with E-state index in [0.29, 0.717) is 18.9 Å². The van der Waals surface area contributed by atoms with E-state index in [4.69, 9.17) is 0 Å². The van der Waals surface area contributed by atoms with Crippen molar-refractivity contribution in [3.8, 4) is 0 Å². The van der Waals surface area contributed by atoms with Gasteiger partial charge in [0, 0.05) is 37.8 Å². The van der Waals surface area contributed by atoms with Crippen LogP contribution in [0.2, 0.25) is 0 Å².